The van der Waals surface area contributed by atoms with Crippen molar-refractivity contribution in [1.82, 2.24) is 10.6 Å². The second-order valence-corrected chi connectivity index (χ2v) is 5.34. The first-order chi connectivity index (χ1) is 9.63. The number of carboxylic acids is 1. The summed E-state index contributed by atoms with van der Waals surface area (Å²) < 4.78 is 0. The molecule has 2 atom stereocenters. The van der Waals surface area contributed by atoms with E-state index in [1.807, 2.05) is 0 Å². The van der Waals surface area contributed by atoms with Crippen LogP contribution in [0.15, 0.2) is 12.2 Å². The third-order valence-electron chi connectivity index (χ3n) is 3.53. The number of aliphatic carboxylic acids is 1. The maximum absolute atomic E-state index is 11.6. The van der Waals surface area contributed by atoms with Gasteiger partial charge in [-0.2, -0.15) is 0 Å². The number of nitrogens with one attached hydrogen (secondary N) is 2. The molecule has 1 aliphatic rings. The molecule has 1 rings (SSSR count). The summed E-state index contributed by atoms with van der Waals surface area (Å²) >= 11 is 0. The van der Waals surface area contributed by atoms with Crippen LogP contribution in [0.25, 0.3) is 0 Å². The number of unbranched alkanes of at least 4 members (excludes halogenated alkanes) is 5. The van der Waals surface area contributed by atoms with Gasteiger partial charge in [-0.1, -0.05) is 51.2 Å². The highest BCUT2D eigenvalue weighted by atomic mass is 16.4. The van der Waals surface area contributed by atoms with Crippen LogP contribution in [-0.2, 0) is 4.79 Å². The number of carbonyl (C=O) groups excluding carboxylic acids is 1. The minimum absolute atomic E-state index is 0.166. The number of carboxylic acid groups (broad SMARTS) is 1. The van der Waals surface area contributed by atoms with E-state index in [0.717, 1.165) is 12.8 Å². The Kier molecular flexibility index (Phi) is 7.77. The summed E-state index contributed by atoms with van der Waals surface area (Å²) in [5.74, 6) is -1.31. The quantitative estimate of drug-likeness (QED) is 0.449. The smallest absolute Gasteiger partial charge is 0.315 e. The lowest BCUT2D eigenvalue weighted by Gasteiger charge is -2.13. The van der Waals surface area contributed by atoms with Gasteiger partial charge in [-0.15, -0.1) is 0 Å². The predicted octanol–water partition coefficient (Wildman–Crippen LogP) is 2.68. The van der Waals surface area contributed by atoms with Crippen LogP contribution in [0.4, 0.5) is 4.79 Å². The summed E-state index contributed by atoms with van der Waals surface area (Å²) in [4.78, 5) is 22.4. The zero-order valence-corrected chi connectivity index (χ0v) is 12.2. The Balaban J connectivity index is 2.01. The van der Waals surface area contributed by atoms with Crippen molar-refractivity contribution in [2.45, 2.75) is 57.9 Å². The normalized spacial score (nSPS) is 20.9. The maximum atomic E-state index is 11.6. The van der Waals surface area contributed by atoms with Gasteiger partial charge in [-0.3, -0.25) is 4.79 Å². The molecule has 0 spiro atoms. The van der Waals surface area contributed by atoms with Gasteiger partial charge in [0.2, 0.25) is 0 Å². The third-order valence-corrected chi connectivity index (χ3v) is 3.53. The van der Waals surface area contributed by atoms with Gasteiger partial charge < -0.3 is 15.7 Å². The first-order valence-electron chi connectivity index (χ1n) is 7.59. The zero-order valence-electron chi connectivity index (χ0n) is 12.2. The third kappa shape index (κ3) is 6.59. The number of carbonyl (C=O) groups is 2. The van der Waals surface area contributed by atoms with Gasteiger partial charge >= 0.3 is 12.0 Å². The van der Waals surface area contributed by atoms with Gasteiger partial charge in [-0.25, -0.2) is 4.79 Å². The van der Waals surface area contributed by atoms with E-state index in [1.54, 1.807) is 12.2 Å². The Morgan fingerprint density at radius 1 is 1.15 bits per heavy atom. The lowest BCUT2D eigenvalue weighted by molar-refractivity contribution is -0.140. The summed E-state index contributed by atoms with van der Waals surface area (Å²) in [6.07, 6.45) is 11.0. The van der Waals surface area contributed by atoms with Gasteiger partial charge in [0.15, 0.2) is 0 Å². The van der Waals surface area contributed by atoms with E-state index in [9.17, 15) is 9.59 Å². The lowest BCUT2D eigenvalue weighted by atomic mass is 10.1. The zero-order chi connectivity index (χ0) is 14.8. The summed E-state index contributed by atoms with van der Waals surface area (Å²) in [5, 5.41) is 14.4. The molecule has 0 aromatic rings. The van der Waals surface area contributed by atoms with Crippen LogP contribution in [0.5, 0.6) is 0 Å². The van der Waals surface area contributed by atoms with Gasteiger partial charge in [-0.05, 0) is 12.8 Å². The van der Waals surface area contributed by atoms with Crippen LogP contribution in [0.1, 0.15) is 51.9 Å². The van der Waals surface area contributed by atoms with Gasteiger partial charge in [0.1, 0.15) is 0 Å². The molecule has 0 radical (unpaired) electrons. The molecule has 0 aliphatic heterocycles. The van der Waals surface area contributed by atoms with Crippen molar-refractivity contribution in [3.05, 3.63) is 12.2 Å². The topological polar surface area (TPSA) is 78.4 Å². The SMILES string of the molecule is CCCCCCCCNC(=O)NC1C=CC(C(=O)O)C1. The Morgan fingerprint density at radius 3 is 2.50 bits per heavy atom. The van der Waals surface area contributed by atoms with Crippen molar-refractivity contribution in [3.8, 4) is 0 Å². The molecule has 0 aromatic heterocycles. The second kappa shape index (κ2) is 9.39. The minimum atomic E-state index is -0.835. The van der Waals surface area contributed by atoms with Gasteiger partial charge in [0.25, 0.3) is 0 Å². The molecule has 2 amide bonds. The molecule has 3 N–H and O–H groups in total. The summed E-state index contributed by atoms with van der Waals surface area (Å²) in [5.41, 5.74) is 0. The second-order valence-electron chi connectivity index (χ2n) is 5.34. The minimum Gasteiger partial charge on any atom is -0.481 e. The predicted molar refractivity (Wildman–Crippen MR) is 78.6 cm³/mol. The fourth-order valence-electron chi connectivity index (χ4n) is 2.32. The summed E-state index contributed by atoms with van der Waals surface area (Å²) in [6.45, 7) is 2.87. The largest absolute Gasteiger partial charge is 0.481 e. The molecule has 0 saturated carbocycles. The maximum Gasteiger partial charge on any atom is 0.315 e. The summed E-state index contributed by atoms with van der Waals surface area (Å²) in [6, 6.07) is -0.375. The highest BCUT2D eigenvalue weighted by Crippen LogP contribution is 2.17. The van der Waals surface area contributed by atoms with Crippen molar-refractivity contribution < 1.29 is 14.7 Å². The molecule has 20 heavy (non-hydrogen) atoms. The molecule has 2 unspecified atom stereocenters. The number of urea groups is 1. The van der Waals surface area contributed by atoms with E-state index < -0.39 is 11.9 Å². The average Bonchev–Trinajstić information content (AvgIpc) is 2.86. The summed E-state index contributed by atoms with van der Waals surface area (Å²) in [7, 11) is 0. The van der Waals surface area contributed by atoms with Crippen LogP contribution < -0.4 is 10.6 Å². The first kappa shape index (κ1) is 16.5. The molecule has 0 aromatic carbocycles. The molecule has 0 heterocycles. The van der Waals surface area contributed by atoms with Gasteiger partial charge in [0, 0.05) is 6.54 Å². The lowest BCUT2D eigenvalue weighted by Crippen LogP contribution is -2.41. The van der Waals surface area contributed by atoms with E-state index in [-0.39, 0.29) is 12.1 Å². The standard InChI is InChI=1S/C15H26N2O3/c1-2-3-4-5-6-7-10-16-15(20)17-13-9-8-12(11-13)14(18)19/h8-9,12-13H,2-7,10-11H2,1H3,(H,18,19)(H2,16,17,20). The van der Waals surface area contributed by atoms with Crippen molar-refractivity contribution in [1.29, 1.82) is 0 Å². The Bertz CT molecular complexity index is 342. The van der Waals surface area contributed by atoms with Crippen LogP contribution in [0, 0.1) is 5.92 Å². The van der Waals surface area contributed by atoms with Crippen molar-refractivity contribution >= 4 is 12.0 Å². The average molecular weight is 282 g/mol. The van der Waals surface area contributed by atoms with Crippen molar-refractivity contribution in [2.75, 3.05) is 6.54 Å². The van der Waals surface area contributed by atoms with Crippen LogP contribution in [-0.4, -0.2) is 29.7 Å². The van der Waals surface area contributed by atoms with E-state index in [1.165, 1.54) is 25.7 Å². The number of hydrogen-bond acceptors (Lipinski definition) is 2. The van der Waals surface area contributed by atoms with Crippen LogP contribution >= 0.6 is 0 Å². The molecule has 1 aliphatic carbocycles. The monoisotopic (exact) mass is 282 g/mol. The molecule has 0 fully saturated rings. The Hall–Kier alpha value is -1.52. The molecule has 0 saturated heterocycles. The Labute approximate surface area is 120 Å². The molecule has 114 valence electrons. The van der Waals surface area contributed by atoms with Crippen molar-refractivity contribution in [3.63, 3.8) is 0 Å². The molecule has 5 nitrogen and oxygen atoms in total. The van der Waals surface area contributed by atoms with E-state index >= 15 is 0 Å². The van der Waals surface area contributed by atoms with E-state index in [4.69, 9.17) is 5.11 Å². The van der Waals surface area contributed by atoms with E-state index in [2.05, 4.69) is 17.6 Å². The molecular weight excluding hydrogens is 256 g/mol. The fraction of sp³-hybridized carbons (Fsp3) is 0.733. The first-order valence-corrected chi connectivity index (χ1v) is 7.59. The van der Waals surface area contributed by atoms with Crippen molar-refractivity contribution in [2.24, 2.45) is 5.92 Å². The molecule has 0 bridgehead atoms. The van der Waals surface area contributed by atoms with Crippen LogP contribution in [0.3, 0.4) is 0 Å². The Morgan fingerprint density at radius 2 is 1.85 bits per heavy atom. The fourth-order valence-corrected chi connectivity index (χ4v) is 2.32. The molecular formula is C15H26N2O3. The van der Waals surface area contributed by atoms with E-state index in [0.29, 0.717) is 13.0 Å². The number of hydrogen-bond donors (Lipinski definition) is 3. The highest BCUT2D eigenvalue weighted by molar-refractivity contribution is 5.76. The molecule has 5 heteroatoms. The number of rotatable bonds is 9. The number of amides is 2. The van der Waals surface area contributed by atoms with Crippen LogP contribution in [0.2, 0.25) is 0 Å². The van der Waals surface area contributed by atoms with Gasteiger partial charge in [0.05, 0.1) is 12.0 Å². The highest BCUT2D eigenvalue weighted by Gasteiger charge is 2.25.